The van der Waals surface area contributed by atoms with Crippen LogP contribution in [0, 0.1) is 0 Å². The van der Waals surface area contributed by atoms with E-state index >= 15 is 0 Å². The highest BCUT2D eigenvalue weighted by atomic mass is 35.5. The first-order chi connectivity index (χ1) is 15.1. The Labute approximate surface area is 191 Å². The van der Waals surface area contributed by atoms with Gasteiger partial charge < -0.3 is 4.90 Å². The number of pyridine rings is 1. The number of hydrogen-bond acceptors (Lipinski definition) is 5. The highest BCUT2D eigenvalue weighted by molar-refractivity contribution is 6.33. The summed E-state index contributed by atoms with van der Waals surface area (Å²) in [7, 11) is 0. The highest BCUT2D eigenvalue weighted by Crippen LogP contribution is 2.28. The summed E-state index contributed by atoms with van der Waals surface area (Å²) >= 11 is 12.2. The Hall–Kier alpha value is -2.67. The second kappa shape index (κ2) is 10.1. The number of nitrogens with zero attached hydrogens (tertiary/aromatic N) is 4. The van der Waals surface area contributed by atoms with Gasteiger partial charge in [0.2, 0.25) is 5.91 Å². The van der Waals surface area contributed by atoms with Crippen molar-refractivity contribution in [3.05, 3.63) is 70.3 Å². The van der Waals surface area contributed by atoms with E-state index in [0.717, 1.165) is 42.6 Å². The van der Waals surface area contributed by atoms with Crippen LogP contribution < -0.4 is 10.3 Å². The van der Waals surface area contributed by atoms with Crippen molar-refractivity contribution in [3.8, 4) is 0 Å². The lowest BCUT2D eigenvalue weighted by atomic mass is 10.1. The van der Waals surface area contributed by atoms with Crippen LogP contribution >= 0.6 is 23.2 Å². The number of rotatable bonds is 6. The molecule has 3 aromatic rings. The number of hydrazone groups is 1. The van der Waals surface area contributed by atoms with E-state index in [1.807, 2.05) is 42.6 Å². The van der Waals surface area contributed by atoms with Gasteiger partial charge in [0.15, 0.2) is 0 Å². The Morgan fingerprint density at radius 1 is 1.10 bits per heavy atom. The van der Waals surface area contributed by atoms with Crippen LogP contribution in [-0.4, -0.2) is 54.7 Å². The number of anilines is 1. The minimum absolute atomic E-state index is 0.109. The van der Waals surface area contributed by atoms with Crippen LogP contribution in [0.1, 0.15) is 12.0 Å². The van der Waals surface area contributed by atoms with E-state index in [9.17, 15) is 4.79 Å². The predicted octanol–water partition coefficient (Wildman–Crippen LogP) is 4.20. The number of halogens is 2. The zero-order chi connectivity index (χ0) is 21.6. The van der Waals surface area contributed by atoms with E-state index in [0.29, 0.717) is 23.0 Å². The fourth-order valence-corrected chi connectivity index (χ4v) is 4.01. The van der Waals surface area contributed by atoms with E-state index in [2.05, 4.69) is 31.4 Å². The number of piperazine rings is 1. The lowest BCUT2D eigenvalue weighted by Gasteiger charge is -2.36. The summed E-state index contributed by atoms with van der Waals surface area (Å²) in [6.45, 7) is 4.29. The number of benzene rings is 2. The smallest absolute Gasteiger partial charge is 0.241 e. The number of fused-ring (bicyclic) bond motifs is 1. The van der Waals surface area contributed by atoms with Crippen LogP contribution in [0.4, 0.5) is 5.69 Å². The Bertz CT molecular complexity index is 1100. The third-order valence-electron chi connectivity index (χ3n) is 5.35. The average Bonchev–Trinajstić information content (AvgIpc) is 2.79. The van der Waals surface area contributed by atoms with Gasteiger partial charge >= 0.3 is 0 Å². The second-order valence-corrected chi connectivity index (χ2v) is 8.23. The minimum atomic E-state index is -0.109. The molecule has 1 fully saturated rings. The van der Waals surface area contributed by atoms with E-state index in [1.54, 1.807) is 12.3 Å². The number of aromatic nitrogens is 1. The Morgan fingerprint density at radius 3 is 2.71 bits per heavy atom. The van der Waals surface area contributed by atoms with Crippen molar-refractivity contribution in [3.63, 3.8) is 0 Å². The third-order valence-corrected chi connectivity index (χ3v) is 5.93. The third kappa shape index (κ3) is 5.53. The van der Waals surface area contributed by atoms with Crippen LogP contribution in [0.3, 0.4) is 0 Å². The van der Waals surface area contributed by atoms with E-state index in [4.69, 9.17) is 23.2 Å². The number of hydrogen-bond donors (Lipinski definition) is 1. The molecule has 1 aliphatic heterocycles. The summed E-state index contributed by atoms with van der Waals surface area (Å²) in [5, 5.41) is 6.40. The van der Waals surface area contributed by atoms with Crippen LogP contribution in [-0.2, 0) is 4.79 Å². The Balaban J connectivity index is 1.25. The normalized spacial score (nSPS) is 15.0. The first kappa shape index (κ1) is 21.6. The quantitative estimate of drug-likeness (QED) is 0.446. The molecule has 160 valence electrons. The molecule has 0 bridgehead atoms. The molecule has 2 aromatic carbocycles. The van der Waals surface area contributed by atoms with Crippen molar-refractivity contribution < 1.29 is 4.79 Å². The van der Waals surface area contributed by atoms with Gasteiger partial charge in [-0.25, -0.2) is 5.43 Å². The van der Waals surface area contributed by atoms with Crippen LogP contribution in [0.25, 0.3) is 10.9 Å². The predicted molar refractivity (Wildman–Crippen MR) is 127 cm³/mol. The molecule has 0 aliphatic carbocycles. The molecule has 1 aliphatic rings. The fraction of sp³-hybridized carbons (Fsp3) is 0.261. The van der Waals surface area contributed by atoms with Gasteiger partial charge in [0.25, 0.3) is 0 Å². The van der Waals surface area contributed by atoms with Gasteiger partial charge in [-0.2, -0.15) is 5.10 Å². The standard InChI is InChI=1S/C23H23Cl2N5O/c24-18-5-6-19-21(15-18)26-9-7-22(19)30-13-11-29(12-14-30)10-8-23(31)28-27-16-17-3-1-2-4-20(17)25/h1-7,9,15-16H,8,10-14H2,(H,28,31)/b27-16+. The van der Waals surface area contributed by atoms with Gasteiger partial charge in [-0.1, -0.05) is 41.4 Å². The molecular formula is C23H23Cl2N5O. The van der Waals surface area contributed by atoms with Gasteiger partial charge in [-0.15, -0.1) is 0 Å². The van der Waals surface area contributed by atoms with Crippen LogP contribution in [0.5, 0.6) is 0 Å². The van der Waals surface area contributed by atoms with Crippen LogP contribution in [0.15, 0.2) is 59.8 Å². The largest absolute Gasteiger partial charge is 0.368 e. The molecule has 4 rings (SSSR count). The second-order valence-electron chi connectivity index (χ2n) is 7.38. The maximum absolute atomic E-state index is 12.1. The molecule has 31 heavy (non-hydrogen) atoms. The van der Waals surface area contributed by atoms with Crippen molar-refractivity contribution in [2.45, 2.75) is 6.42 Å². The Kier molecular flexibility index (Phi) is 7.02. The van der Waals surface area contributed by atoms with Crippen molar-refractivity contribution >= 4 is 51.9 Å². The SMILES string of the molecule is O=C(CCN1CCN(c2ccnc3cc(Cl)ccc23)CC1)N/N=C/c1ccccc1Cl. The van der Waals surface area contributed by atoms with Gasteiger partial charge in [0.1, 0.15) is 0 Å². The molecule has 1 aromatic heterocycles. The molecule has 0 radical (unpaired) electrons. The summed E-state index contributed by atoms with van der Waals surface area (Å²) in [6, 6.07) is 15.2. The maximum atomic E-state index is 12.1. The molecule has 0 unspecified atom stereocenters. The lowest BCUT2D eigenvalue weighted by molar-refractivity contribution is -0.121. The summed E-state index contributed by atoms with van der Waals surface area (Å²) < 4.78 is 0. The number of nitrogens with one attached hydrogen (secondary N) is 1. The van der Waals surface area contributed by atoms with Gasteiger partial charge in [-0.3, -0.25) is 14.7 Å². The van der Waals surface area contributed by atoms with Gasteiger partial charge in [-0.05, 0) is 30.3 Å². The number of carbonyl (C=O) groups excluding carboxylic acids is 1. The molecule has 6 nitrogen and oxygen atoms in total. The topological polar surface area (TPSA) is 60.8 Å². The highest BCUT2D eigenvalue weighted by Gasteiger charge is 2.19. The van der Waals surface area contributed by atoms with Crippen LogP contribution in [0.2, 0.25) is 10.0 Å². The monoisotopic (exact) mass is 455 g/mol. The van der Waals surface area contributed by atoms with E-state index in [1.165, 1.54) is 5.69 Å². The molecule has 0 atom stereocenters. The molecule has 1 amide bonds. The van der Waals surface area contributed by atoms with Gasteiger partial charge in [0.05, 0.1) is 11.7 Å². The van der Waals surface area contributed by atoms with Crippen molar-refractivity contribution in [2.24, 2.45) is 5.10 Å². The van der Waals surface area contributed by atoms with Gasteiger partial charge in [0, 0.05) is 72.0 Å². The lowest BCUT2D eigenvalue weighted by Crippen LogP contribution is -2.47. The zero-order valence-corrected chi connectivity index (χ0v) is 18.5. The molecule has 1 saturated heterocycles. The molecular weight excluding hydrogens is 433 g/mol. The van der Waals surface area contributed by atoms with E-state index < -0.39 is 0 Å². The van der Waals surface area contributed by atoms with E-state index in [-0.39, 0.29) is 5.91 Å². The molecule has 2 heterocycles. The summed E-state index contributed by atoms with van der Waals surface area (Å²) in [4.78, 5) is 21.2. The first-order valence-corrected chi connectivity index (χ1v) is 10.9. The summed E-state index contributed by atoms with van der Waals surface area (Å²) in [5.41, 5.74) is 5.42. The van der Waals surface area contributed by atoms with Crippen molar-refractivity contribution in [2.75, 3.05) is 37.6 Å². The Morgan fingerprint density at radius 2 is 1.90 bits per heavy atom. The molecule has 8 heteroatoms. The zero-order valence-electron chi connectivity index (χ0n) is 17.0. The molecule has 0 spiro atoms. The fourth-order valence-electron chi connectivity index (χ4n) is 3.66. The summed E-state index contributed by atoms with van der Waals surface area (Å²) in [6.07, 6.45) is 3.79. The number of amides is 1. The summed E-state index contributed by atoms with van der Waals surface area (Å²) in [5.74, 6) is -0.109. The average molecular weight is 456 g/mol. The van der Waals surface area contributed by atoms with Crippen molar-refractivity contribution in [1.82, 2.24) is 15.3 Å². The molecule has 0 saturated carbocycles. The minimum Gasteiger partial charge on any atom is -0.368 e. The maximum Gasteiger partial charge on any atom is 0.241 e. The molecule has 1 N–H and O–H groups in total. The first-order valence-electron chi connectivity index (χ1n) is 10.2. The van der Waals surface area contributed by atoms with Crippen molar-refractivity contribution in [1.29, 1.82) is 0 Å². The number of carbonyl (C=O) groups is 1.